The number of nitrogens with two attached hydrogens (primary N) is 1. The van der Waals surface area contributed by atoms with Gasteiger partial charge >= 0.3 is 0 Å². The maximum atomic E-state index is 12.5. The van der Waals surface area contributed by atoms with Crippen molar-refractivity contribution in [1.82, 2.24) is 9.55 Å². The smallest absolute Gasteiger partial charge is 0.275 e. The summed E-state index contributed by atoms with van der Waals surface area (Å²) in [4.78, 5) is 28.5. The molecule has 0 fully saturated rings. The van der Waals surface area contributed by atoms with Gasteiger partial charge in [-0.25, -0.2) is 0 Å². The van der Waals surface area contributed by atoms with Crippen molar-refractivity contribution < 1.29 is 4.79 Å². The molecular formula is C23H20N4O2S. The van der Waals surface area contributed by atoms with E-state index in [0.29, 0.717) is 5.16 Å². The summed E-state index contributed by atoms with van der Waals surface area (Å²) in [7, 11) is 0. The zero-order valence-corrected chi connectivity index (χ0v) is 17.1. The molecule has 0 unspecified atom stereocenters. The number of hydrogen-bond acceptors (Lipinski definition) is 5. The maximum absolute atomic E-state index is 12.5. The highest BCUT2D eigenvalue weighted by molar-refractivity contribution is 7.99. The molecule has 0 saturated heterocycles. The number of nitrogens with one attached hydrogen (secondary N) is 1. The number of nitrogens with zero attached hydrogens (tertiary/aromatic N) is 2. The summed E-state index contributed by atoms with van der Waals surface area (Å²) in [5.41, 5.74) is 8.22. The molecule has 0 radical (unpaired) electrons. The minimum Gasteiger partial charge on any atom is -0.385 e. The third-order valence-electron chi connectivity index (χ3n) is 4.55. The van der Waals surface area contributed by atoms with Gasteiger partial charge in [0.2, 0.25) is 5.91 Å². The van der Waals surface area contributed by atoms with Gasteiger partial charge in [0.25, 0.3) is 5.56 Å². The molecular weight excluding hydrogens is 396 g/mol. The Labute approximate surface area is 177 Å². The zero-order chi connectivity index (χ0) is 21.1. The Kier molecular flexibility index (Phi) is 5.54. The van der Waals surface area contributed by atoms with Crippen molar-refractivity contribution in [2.24, 2.45) is 0 Å². The molecule has 6 nitrogen and oxygen atoms in total. The molecule has 1 amide bonds. The lowest BCUT2D eigenvalue weighted by atomic mass is 10.1. The van der Waals surface area contributed by atoms with Gasteiger partial charge in [-0.1, -0.05) is 54.2 Å². The first-order valence-corrected chi connectivity index (χ1v) is 10.4. The first-order valence-electron chi connectivity index (χ1n) is 9.38. The van der Waals surface area contributed by atoms with Gasteiger partial charge in [0, 0.05) is 17.4 Å². The molecule has 30 heavy (non-hydrogen) atoms. The summed E-state index contributed by atoms with van der Waals surface area (Å²) in [5.74, 6) is 0.176. The van der Waals surface area contributed by atoms with Crippen molar-refractivity contribution in [3.05, 3.63) is 88.7 Å². The number of hydrogen-bond donors (Lipinski definition) is 2. The molecule has 1 heterocycles. The Morgan fingerprint density at radius 1 is 1.03 bits per heavy atom. The first-order chi connectivity index (χ1) is 14.5. The predicted octanol–water partition coefficient (Wildman–Crippen LogP) is 4.01. The number of amides is 1. The molecule has 4 rings (SSSR count). The summed E-state index contributed by atoms with van der Waals surface area (Å²) in [6.45, 7) is 1.97. The second-order valence-corrected chi connectivity index (χ2v) is 7.82. The zero-order valence-electron chi connectivity index (χ0n) is 16.3. The number of anilines is 2. The molecule has 3 aromatic carbocycles. The molecule has 1 aromatic heterocycles. The van der Waals surface area contributed by atoms with Gasteiger partial charge in [-0.15, -0.1) is 0 Å². The van der Waals surface area contributed by atoms with Crippen LogP contribution in [0.25, 0.3) is 16.5 Å². The van der Waals surface area contributed by atoms with Crippen LogP contribution in [0.4, 0.5) is 11.5 Å². The van der Waals surface area contributed by atoms with E-state index in [2.05, 4.69) is 10.3 Å². The van der Waals surface area contributed by atoms with E-state index >= 15 is 0 Å². The van der Waals surface area contributed by atoms with E-state index in [1.807, 2.05) is 73.7 Å². The van der Waals surface area contributed by atoms with Crippen LogP contribution in [0.1, 0.15) is 5.56 Å². The van der Waals surface area contributed by atoms with E-state index in [4.69, 9.17) is 5.73 Å². The van der Waals surface area contributed by atoms with Crippen LogP contribution in [0.15, 0.2) is 82.7 Å². The summed E-state index contributed by atoms with van der Waals surface area (Å²) in [5, 5.41) is 5.43. The van der Waals surface area contributed by atoms with Crippen molar-refractivity contribution in [1.29, 1.82) is 0 Å². The van der Waals surface area contributed by atoms with Crippen LogP contribution in [-0.2, 0) is 4.79 Å². The monoisotopic (exact) mass is 416 g/mol. The fourth-order valence-corrected chi connectivity index (χ4v) is 4.02. The van der Waals surface area contributed by atoms with E-state index in [9.17, 15) is 9.59 Å². The molecule has 0 aliphatic rings. The van der Waals surface area contributed by atoms with Crippen LogP contribution in [0.2, 0.25) is 0 Å². The number of fused-ring (bicyclic) bond motifs is 1. The number of thioether (sulfide) groups is 1. The van der Waals surface area contributed by atoms with Crippen LogP contribution >= 0.6 is 11.8 Å². The van der Waals surface area contributed by atoms with E-state index in [-0.39, 0.29) is 17.5 Å². The van der Waals surface area contributed by atoms with Crippen LogP contribution in [0.3, 0.4) is 0 Å². The quantitative estimate of drug-likeness (QED) is 0.379. The van der Waals surface area contributed by atoms with Crippen molar-refractivity contribution in [3.8, 4) is 5.69 Å². The number of carbonyl (C=O) groups is 1. The van der Waals surface area contributed by atoms with Gasteiger partial charge in [0.15, 0.2) is 5.16 Å². The Hall–Kier alpha value is -3.58. The summed E-state index contributed by atoms with van der Waals surface area (Å²) in [6, 6.07) is 22.7. The van der Waals surface area contributed by atoms with Gasteiger partial charge < -0.3 is 11.1 Å². The van der Waals surface area contributed by atoms with Crippen molar-refractivity contribution in [2.45, 2.75) is 12.1 Å². The summed E-state index contributed by atoms with van der Waals surface area (Å²) < 4.78 is 1.68. The molecule has 0 aliphatic heterocycles. The van der Waals surface area contributed by atoms with Crippen molar-refractivity contribution in [3.63, 3.8) is 0 Å². The van der Waals surface area contributed by atoms with E-state index < -0.39 is 5.56 Å². The van der Waals surface area contributed by atoms with Crippen LogP contribution in [-0.4, -0.2) is 21.2 Å². The third kappa shape index (κ3) is 4.36. The predicted molar refractivity (Wildman–Crippen MR) is 122 cm³/mol. The number of nitrogen functional groups attached to an aromatic ring is 1. The molecule has 150 valence electrons. The molecule has 0 spiro atoms. The molecule has 0 bridgehead atoms. The van der Waals surface area contributed by atoms with Gasteiger partial charge in [0.05, 0.1) is 5.75 Å². The largest absolute Gasteiger partial charge is 0.385 e. The van der Waals surface area contributed by atoms with Crippen LogP contribution < -0.4 is 16.6 Å². The molecule has 4 aromatic rings. The topological polar surface area (TPSA) is 90.0 Å². The number of rotatable bonds is 5. The number of carbonyl (C=O) groups excluding carboxylic acids is 1. The average molecular weight is 417 g/mol. The van der Waals surface area contributed by atoms with Gasteiger partial charge in [-0.2, -0.15) is 4.98 Å². The highest BCUT2D eigenvalue weighted by atomic mass is 32.2. The van der Waals surface area contributed by atoms with Crippen LogP contribution in [0.5, 0.6) is 0 Å². The molecule has 3 N–H and O–H groups in total. The maximum Gasteiger partial charge on any atom is 0.275 e. The molecule has 0 aliphatic carbocycles. The Morgan fingerprint density at radius 2 is 1.83 bits per heavy atom. The second-order valence-electron chi connectivity index (χ2n) is 6.88. The first kappa shape index (κ1) is 19.7. The Bertz CT molecular complexity index is 1300. The minimum atomic E-state index is -0.436. The van der Waals surface area contributed by atoms with Gasteiger partial charge in [0.1, 0.15) is 5.82 Å². The summed E-state index contributed by atoms with van der Waals surface area (Å²) >= 11 is 1.17. The fraction of sp³-hybridized carbons (Fsp3) is 0.0870. The van der Waals surface area contributed by atoms with Gasteiger partial charge in [-0.3, -0.25) is 14.2 Å². The third-order valence-corrected chi connectivity index (χ3v) is 5.49. The lowest BCUT2D eigenvalue weighted by molar-refractivity contribution is -0.113. The highest BCUT2D eigenvalue weighted by Gasteiger charge is 2.13. The highest BCUT2D eigenvalue weighted by Crippen LogP contribution is 2.24. The van der Waals surface area contributed by atoms with E-state index in [0.717, 1.165) is 27.7 Å². The SMILES string of the molecule is Cc1cccc(-n2c(N)cc(=O)nc2SCC(=O)Nc2ccc3ccccc3c2)c1. The second kappa shape index (κ2) is 8.42. The Morgan fingerprint density at radius 3 is 2.63 bits per heavy atom. The fourth-order valence-electron chi connectivity index (χ4n) is 3.20. The normalized spacial score (nSPS) is 10.8. The standard InChI is InChI=1S/C23H20N4O2S/c1-15-5-4-8-19(11-15)27-20(24)13-21(28)26-23(27)30-14-22(29)25-18-10-9-16-6-2-3-7-17(16)12-18/h2-13H,14,24H2,1H3,(H,25,29). The number of aryl methyl sites for hydroxylation is 1. The van der Waals surface area contributed by atoms with E-state index in [1.54, 1.807) is 4.57 Å². The average Bonchev–Trinajstić information content (AvgIpc) is 2.72. The molecule has 0 saturated carbocycles. The molecule has 0 atom stereocenters. The van der Waals surface area contributed by atoms with Crippen molar-refractivity contribution in [2.75, 3.05) is 16.8 Å². The van der Waals surface area contributed by atoms with E-state index in [1.165, 1.54) is 17.8 Å². The van der Waals surface area contributed by atoms with Gasteiger partial charge in [-0.05, 0) is 47.5 Å². The summed E-state index contributed by atoms with van der Waals surface area (Å²) in [6.07, 6.45) is 0. The number of benzene rings is 3. The lowest BCUT2D eigenvalue weighted by Gasteiger charge is -2.15. The molecule has 7 heteroatoms. The Balaban J connectivity index is 1.54. The van der Waals surface area contributed by atoms with Crippen LogP contribution in [0, 0.1) is 6.92 Å². The lowest BCUT2D eigenvalue weighted by Crippen LogP contribution is -2.19. The number of aromatic nitrogens is 2. The van der Waals surface area contributed by atoms with Crippen molar-refractivity contribution >= 4 is 39.9 Å². The minimum absolute atomic E-state index is 0.0918.